The summed E-state index contributed by atoms with van der Waals surface area (Å²) in [7, 11) is 0. The van der Waals surface area contributed by atoms with Crippen molar-refractivity contribution in [1.82, 2.24) is 0 Å². The Morgan fingerprint density at radius 1 is 1.45 bits per heavy atom. The molecule has 0 spiro atoms. The fourth-order valence-corrected chi connectivity index (χ4v) is 1.90. The van der Waals surface area contributed by atoms with Crippen LogP contribution in [-0.4, -0.2) is 17.8 Å². The smallest absolute Gasteiger partial charge is 0.130 e. The molecule has 0 saturated carbocycles. The van der Waals surface area contributed by atoms with E-state index in [-0.39, 0.29) is 5.41 Å². The molecule has 0 aromatic rings. The highest BCUT2D eigenvalue weighted by molar-refractivity contribution is 7.98. The molecule has 0 aliphatic rings. The highest BCUT2D eigenvalue weighted by Gasteiger charge is 2.18. The third-order valence-electron chi connectivity index (χ3n) is 1.71. The third kappa shape index (κ3) is 6.42. The summed E-state index contributed by atoms with van der Waals surface area (Å²) >= 11 is 1.84. The van der Waals surface area contributed by atoms with Gasteiger partial charge in [0.2, 0.25) is 0 Å². The second kappa shape index (κ2) is 4.81. The van der Waals surface area contributed by atoms with Gasteiger partial charge in [-0.2, -0.15) is 11.8 Å². The van der Waals surface area contributed by atoms with Gasteiger partial charge in [0, 0.05) is 6.42 Å². The zero-order valence-electron chi connectivity index (χ0n) is 7.94. The summed E-state index contributed by atoms with van der Waals surface area (Å²) in [6.45, 7) is 5.98. The van der Waals surface area contributed by atoms with E-state index in [1.54, 1.807) is 6.92 Å². The Morgan fingerprint density at radius 2 is 2.00 bits per heavy atom. The molecule has 0 aromatic heterocycles. The molecular weight excluding hydrogens is 156 g/mol. The lowest BCUT2D eigenvalue weighted by Crippen LogP contribution is -2.16. The predicted molar refractivity (Wildman–Crippen MR) is 52.1 cm³/mol. The molecule has 11 heavy (non-hydrogen) atoms. The number of ketones is 1. The van der Waals surface area contributed by atoms with Crippen LogP contribution in [0, 0.1) is 5.41 Å². The minimum atomic E-state index is 0.203. The van der Waals surface area contributed by atoms with Crippen molar-refractivity contribution >= 4 is 17.5 Å². The van der Waals surface area contributed by atoms with Crippen molar-refractivity contribution < 1.29 is 4.79 Å². The Bertz CT molecular complexity index is 130. The van der Waals surface area contributed by atoms with Crippen LogP contribution in [0.3, 0.4) is 0 Å². The maximum Gasteiger partial charge on any atom is 0.130 e. The van der Waals surface area contributed by atoms with Crippen LogP contribution in [-0.2, 0) is 4.79 Å². The van der Waals surface area contributed by atoms with Crippen molar-refractivity contribution in [1.29, 1.82) is 0 Å². The molecule has 1 nitrogen and oxygen atoms in total. The lowest BCUT2D eigenvalue weighted by atomic mass is 9.85. The van der Waals surface area contributed by atoms with Gasteiger partial charge in [-0.3, -0.25) is 0 Å². The molecule has 0 rings (SSSR count). The van der Waals surface area contributed by atoms with Crippen LogP contribution < -0.4 is 0 Å². The largest absolute Gasteiger partial charge is 0.300 e. The zero-order valence-corrected chi connectivity index (χ0v) is 8.75. The van der Waals surface area contributed by atoms with Crippen molar-refractivity contribution in [2.45, 2.75) is 33.6 Å². The van der Waals surface area contributed by atoms with Crippen molar-refractivity contribution in [2.75, 3.05) is 12.0 Å². The molecule has 66 valence electrons. The standard InChI is InChI=1S/C9H18OS/c1-8(10)7-9(2,3)5-6-11-4/h5-7H2,1-4H3. The van der Waals surface area contributed by atoms with Gasteiger partial charge in [-0.1, -0.05) is 13.8 Å². The fraction of sp³-hybridized carbons (Fsp3) is 0.889. The molecule has 2 heteroatoms. The first-order chi connectivity index (χ1) is 4.98. The van der Waals surface area contributed by atoms with E-state index in [1.807, 2.05) is 11.8 Å². The monoisotopic (exact) mass is 174 g/mol. The zero-order chi connectivity index (χ0) is 8.91. The lowest BCUT2D eigenvalue weighted by Gasteiger charge is -2.22. The Hall–Kier alpha value is 0.0200. The minimum Gasteiger partial charge on any atom is -0.300 e. The van der Waals surface area contributed by atoms with Crippen LogP contribution in [0.15, 0.2) is 0 Å². The fourth-order valence-electron chi connectivity index (χ4n) is 1.14. The van der Waals surface area contributed by atoms with Crippen LogP contribution in [0.2, 0.25) is 0 Å². The molecule has 0 heterocycles. The maximum absolute atomic E-state index is 10.8. The number of Topliss-reactive ketones (excluding diaryl/α,β-unsaturated/α-hetero) is 1. The molecule has 0 bridgehead atoms. The second-order valence-corrected chi connectivity index (χ2v) is 4.77. The van der Waals surface area contributed by atoms with Gasteiger partial charge in [0.05, 0.1) is 0 Å². The first-order valence-corrected chi connectivity index (χ1v) is 5.36. The van der Waals surface area contributed by atoms with Crippen LogP contribution in [0.1, 0.15) is 33.6 Å². The second-order valence-electron chi connectivity index (χ2n) is 3.79. The predicted octanol–water partition coefficient (Wildman–Crippen LogP) is 2.74. The summed E-state index contributed by atoms with van der Waals surface area (Å²) in [5, 5.41) is 0. The molecule has 0 atom stereocenters. The van der Waals surface area contributed by atoms with Crippen molar-refractivity contribution in [3.63, 3.8) is 0 Å². The van der Waals surface area contributed by atoms with Crippen molar-refractivity contribution in [3.05, 3.63) is 0 Å². The highest BCUT2D eigenvalue weighted by Crippen LogP contribution is 2.26. The number of carbonyl (C=O) groups is 1. The van der Waals surface area contributed by atoms with Gasteiger partial charge in [-0.15, -0.1) is 0 Å². The van der Waals surface area contributed by atoms with E-state index in [9.17, 15) is 4.79 Å². The van der Waals surface area contributed by atoms with Gasteiger partial charge in [0.1, 0.15) is 5.78 Å². The Balaban J connectivity index is 3.70. The lowest BCUT2D eigenvalue weighted by molar-refractivity contribution is -0.118. The molecule has 0 amide bonds. The first-order valence-electron chi connectivity index (χ1n) is 3.96. The molecule has 0 unspecified atom stereocenters. The third-order valence-corrected chi connectivity index (χ3v) is 2.32. The minimum absolute atomic E-state index is 0.203. The van der Waals surface area contributed by atoms with E-state index in [2.05, 4.69) is 20.1 Å². The molecule has 0 saturated heterocycles. The number of carbonyl (C=O) groups excluding carboxylic acids is 1. The summed E-state index contributed by atoms with van der Waals surface area (Å²) in [5.74, 6) is 1.46. The van der Waals surface area contributed by atoms with E-state index in [0.717, 1.165) is 12.2 Å². The van der Waals surface area contributed by atoms with E-state index >= 15 is 0 Å². The molecule has 0 radical (unpaired) electrons. The van der Waals surface area contributed by atoms with Gasteiger partial charge in [-0.05, 0) is 30.8 Å². The highest BCUT2D eigenvalue weighted by atomic mass is 32.2. The Morgan fingerprint density at radius 3 is 2.36 bits per heavy atom. The summed E-state index contributed by atoms with van der Waals surface area (Å²) in [4.78, 5) is 10.8. The van der Waals surface area contributed by atoms with Gasteiger partial charge in [0.15, 0.2) is 0 Å². The average Bonchev–Trinajstić information content (AvgIpc) is 1.81. The summed E-state index contributed by atoms with van der Waals surface area (Å²) in [6.07, 6.45) is 3.95. The number of thioether (sulfide) groups is 1. The molecule has 0 aromatic carbocycles. The molecule has 0 aliphatic heterocycles. The molecule has 0 N–H and O–H groups in total. The van der Waals surface area contributed by atoms with Crippen LogP contribution >= 0.6 is 11.8 Å². The van der Waals surface area contributed by atoms with Gasteiger partial charge in [0.25, 0.3) is 0 Å². The number of hydrogen-bond donors (Lipinski definition) is 0. The number of rotatable bonds is 5. The molecule has 0 aliphatic carbocycles. The first kappa shape index (κ1) is 11.0. The summed E-state index contributed by atoms with van der Waals surface area (Å²) < 4.78 is 0. The molecule has 0 fully saturated rings. The Kier molecular flexibility index (Phi) is 4.82. The van der Waals surface area contributed by atoms with Gasteiger partial charge in [-0.25, -0.2) is 0 Å². The van der Waals surface area contributed by atoms with Crippen LogP contribution in [0.25, 0.3) is 0 Å². The van der Waals surface area contributed by atoms with E-state index < -0.39 is 0 Å². The quantitative estimate of drug-likeness (QED) is 0.637. The molecular formula is C9H18OS. The normalized spacial score (nSPS) is 11.6. The van der Waals surface area contributed by atoms with Crippen molar-refractivity contribution in [2.24, 2.45) is 5.41 Å². The maximum atomic E-state index is 10.8. The van der Waals surface area contributed by atoms with E-state index in [0.29, 0.717) is 12.2 Å². The average molecular weight is 174 g/mol. The van der Waals surface area contributed by atoms with Gasteiger partial charge >= 0.3 is 0 Å². The van der Waals surface area contributed by atoms with Crippen LogP contribution in [0.4, 0.5) is 0 Å². The summed E-state index contributed by atoms with van der Waals surface area (Å²) in [6, 6.07) is 0. The SMILES string of the molecule is CSCCC(C)(C)CC(C)=O. The van der Waals surface area contributed by atoms with Gasteiger partial charge < -0.3 is 4.79 Å². The van der Waals surface area contributed by atoms with E-state index in [1.165, 1.54) is 0 Å². The number of hydrogen-bond acceptors (Lipinski definition) is 2. The topological polar surface area (TPSA) is 17.1 Å². The van der Waals surface area contributed by atoms with Crippen LogP contribution in [0.5, 0.6) is 0 Å². The Labute approximate surface area is 73.9 Å². The van der Waals surface area contributed by atoms with E-state index in [4.69, 9.17) is 0 Å². The summed E-state index contributed by atoms with van der Waals surface area (Å²) in [5.41, 5.74) is 0.203. The van der Waals surface area contributed by atoms with Crippen molar-refractivity contribution in [3.8, 4) is 0 Å².